The molecule has 2 aromatic heterocycles. The van der Waals surface area contributed by atoms with Gasteiger partial charge in [-0.15, -0.1) is 0 Å². The molecule has 1 aliphatic heterocycles. The number of hydrogen-bond acceptors (Lipinski definition) is 6. The van der Waals surface area contributed by atoms with Gasteiger partial charge in [-0.3, -0.25) is 4.79 Å². The summed E-state index contributed by atoms with van der Waals surface area (Å²) in [6.45, 7) is 6.24. The van der Waals surface area contributed by atoms with E-state index in [9.17, 15) is 4.79 Å². The van der Waals surface area contributed by atoms with Gasteiger partial charge in [0.25, 0.3) is 0 Å². The first-order valence-corrected chi connectivity index (χ1v) is 11.9. The zero-order valence-electron chi connectivity index (χ0n) is 20.3. The van der Waals surface area contributed by atoms with Crippen LogP contribution in [0.5, 0.6) is 11.5 Å². The summed E-state index contributed by atoms with van der Waals surface area (Å²) in [5.41, 5.74) is 3.55. The summed E-state index contributed by atoms with van der Waals surface area (Å²) < 4.78 is 13.5. The number of methoxy groups -OCH3 is 1. The van der Waals surface area contributed by atoms with Gasteiger partial charge in [0, 0.05) is 75.4 Å². The van der Waals surface area contributed by atoms with Gasteiger partial charge in [0.1, 0.15) is 17.1 Å². The number of halogens is 1. The maximum atomic E-state index is 11.6. The molecular formula is C25H32ClN5O3. The molecule has 9 heteroatoms. The van der Waals surface area contributed by atoms with Crippen molar-refractivity contribution in [3.63, 3.8) is 0 Å². The Morgan fingerprint density at radius 3 is 2.59 bits per heavy atom. The van der Waals surface area contributed by atoms with E-state index >= 15 is 0 Å². The molecule has 0 spiro atoms. The van der Waals surface area contributed by atoms with Gasteiger partial charge in [0.2, 0.25) is 5.91 Å². The van der Waals surface area contributed by atoms with Crippen molar-refractivity contribution in [2.45, 2.75) is 13.3 Å². The van der Waals surface area contributed by atoms with Gasteiger partial charge >= 0.3 is 0 Å². The van der Waals surface area contributed by atoms with E-state index in [0.717, 1.165) is 61.7 Å². The second-order valence-electron chi connectivity index (χ2n) is 8.76. The molecule has 0 radical (unpaired) electrons. The fourth-order valence-corrected chi connectivity index (χ4v) is 4.39. The van der Waals surface area contributed by atoms with Crippen LogP contribution in [0, 0.1) is 0 Å². The molecule has 1 aliphatic rings. The summed E-state index contributed by atoms with van der Waals surface area (Å²) >= 11 is 6.46. The maximum absolute atomic E-state index is 11.6. The van der Waals surface area contributed by atoms with Crippen LogP contribution < -0.4 is 14.4 Å². The molecule has 0 atom stereocenters. The predicted octanol–water partition coefficient (Wildman–Crippen LogP) is 3.66. The van der Waals surface area contributed by atoms with Gasteiger partial charge in [-0.1, -0.05) is 11.6 Å². The number of rotatable bonds is 8. The van der Waals surface area contributed by atoms with E-state index in [1.165, 1.54) is 0 Å². The Morgan fingerprint density at radius 2 is 1.91 bits per heavy atom. The first-order valence-electron chi connectivity index (χ1n) is 11.5. The van der Waals surface area contributed by atoms with Gasteiger partial charge in [-0.2, -0.15) is 0 Å². The standard InChI is InChI=1S/C25H32ClN5O3/c1-18(32)29-9-11-30(12-10-29)19-6-8-31-17-22(27-25(31)14-19)20-15-21(26)24(33-4)16-23(20)34-13-5-7-28(2)3/h6,8,14-17H,5,7,9-13H2,1-4H3. The van der Waals surface area contributed by atoms with Crippen molar-refractivity contribution in [2.75, 3.05) is 65.4 Å². The highest BCUT2D eigenvalue weighted by Gasteiger charge is 2.20. The number of carbonyl (C=O) groups excluding carboxylic acids is 1. The van der Waals surface area contributed by atoms with Crippen LogP contribution in [0.3, 0.4) is 0 Å². The van der Waals surface area contributed by atoms with Crippen molar-refractivity contribution in [1.82, 2.24) is 19.2 Å². The molecule has 1 aromatic carbocycles. The summed E-state index contributed by atoms with van der Waals surface area (Å²) in [4.78, 5) is 22.8. The molecule has 3 heterocycles. The third kappa shape index (κ3) is 5.39. The molecule has 4 rings (SSSR count). The van der Waals surface area contributed by atoms with E-state index in [-0.39, 0.29) is 5.91 Å². The summed E-state index contributed by atoms with van der Waals surface area (Å²) in [5, 5.41) is 0.513. The molecule has 8 nitrogen and oxygen atoms in total. The lowest BCUT2D eigenvalue weighted by atomic mass is 10.1. The zero-order chi connectivity index (χ0) is 24.2. The van der Waals surface area contributed by atoms with E-state index in [1.807, 2.05) is 47.9 Å². The molecule has 34 heavy (non-hydrogen) atoms. The first-order chi connectivity index (χ1) is 16.4. The fraction of sp³-hybridized carbons (Fsp3) is 0.440. The number of aromatic nitrogens is 2. The molecule has 1 saturated heterocycles. The number of nitrogens with zero attached hydrogens (tertiary/aromatic N) is 5. The smallest absolute Gasteiger partial charge is 0.219 e. The van der Waals surface area contributed by atoms with Crippen LogP contribution in [0.1, 0.15) is 13.3 Å². The van der Waals surface area contributed by atoms with Crippen LogP contribution in [0.25, 0.3) is 16.9 Å². The molecule has 1 fully saturated rings. The van der Waals surface area contributed by atoms with Crippen LogP contribution in [0.2, 0.25) is 5.02 Å². The number of piperazine rings is 1. The summed E-state index contributed by atoms with van der Waals surface area (Å²) in [6.07, 6.45) is 4.90. The van der Waals surface area contributed by atoms with Crippen molar-refractivity contribution in [2.24, 2.45) is 0 Å². The monoisotopic (exact) mass is 485 g/mol. The number of benzene rings is 1. The largest absolute Gasteiger partial charge is 0.495 e. The minimum Gasteiger partial charge on any atom is -0.495 e. The van der Waals surface area contributed by atoms with Crippen LogP contribution in [0.4, 0.5) is 5.69 Å². The molecule has 0 saturated carbocycles. The third-order valence-electron chi connectivity index (χ3n) is 6.07. The van der Waals surface area contributed by atoms with E-state index in [1.54, 1.807) is 14.0 Å². The Labute approximate surface area is 205 Å². The lowest BCUT2D eigenvalue weighted by Gasteiger charge is -2.35. The van der Waals surface area contributed by atoms with Gasteiger partial charge < -0.3 is 28.6 Å². The summed E-state index contributed by atoms with van der Waals surface area (Å²) in [7, 11) is 5.69. The molecule has 1 amide bonds. The van der Waals surface area contributed by atoms with Gasteiger partial charge in [0.05, 0.1) is 24.4 Å². The van der Waals surface area contributed by atoms with Crippen LogP contribution >= 0.6 is 11.6 Å². The Kier molecular flexibility index (Phi) is 7.48. The average molecular weight is 486 g/mol. The van der Waals surface area contributed by atoms with Gasteiger partial charge in [-0.25, -0.2) is 4.98 Å². The predicted molar refractivity (Wildman–Crippen MR) is 135 cm³/mol. The molecular weight excluding hydrogens is 454 g/mol. The SMILES string of the molecule is COc1cc(OCCCN(C)C)c(-c2cn3ccc(N4CCN(C(C)=O)CC4)cc3n2)cc1Cl. The van der Waals surface area contributed by atoms with Crippen molar-refractivity contribution in [3.8, 4) is 22.8 Å². The zero-order valence-corrected chi connectivity index (χ0v) is 21.0. The number of imidazole rings is 1. The Hall–Kier alpha value is -2.97. The van der Waals surface area contributed by atoms with Crippen LogP contribution in [0.15, 0.2) is 36.7 Å². The maximum Gasteiger partial charge on any atom is 0.219 e. The minimum absolute atomic E-state index is 0.130. The second kappa shape index (κ2) is 10.5. The van der Waals surface area contributed by atoms with E-state index in [2.05, 4.69) is 21.9 Å². The highest BCUT2D eigenvalue weighted by atomic mass is 35.5. The third-order valence-corrected chi connectivity index (χ3v) is 6.37. The Balaban J connectivity index is 1.59. The summed E-state index contributed by atoms with van der Waals surface area (Å²) in [5.74, 6) is 1.40. The lowest BCUT2D eigenvalue weighted by molar-refractivity contribution is -0.129. The van der Waals surface area contributed by atoms with E-state index < -0.39 is 0 Å². The Morgan fingerprint density at radius 1 is 1.15 bits per heavy atom. The normalized spacial score (nSPS) is 14.2. The number of fused-ring (bicyclic) bond motifs is 1. The number of pyridine rings is 1. The van der Waals surface area contributed by atoms with Gasteiger partial charge in [0.15, 0.2) is 0 Å². The average Bonchev–Trinajstić information content (AvgIpc) is 3.25. The van der Waals surface area contributed by atoms with E-state index in [4.69, 9.17) is 26.1 Å². The molecule has 3 aromatic rings. The van der Waals surface area contributed by atoms with Crippen LogP contribution in [-0.2, 0) is 4.79 Å². The van der Waals surface area contributed by atoms with E-state index in [0.29, 0.717) is 23.1 Å². The number of carbonyl (C=O) groups is 1. The number of anilines is 1. The van der Waals surface area contributed by atoms with Crippen molar-refractivity contribution < 1.29 is 14.3 Å². The lowest BCUT2D eigenvalue weighted by Crippen LogP contribution is -2.48. The van der Waals surface area contributed by atoms with Gasteiger partial charge in [-0.05, 0) is 32.6 Å². The number of hydrogen-bond donors (Lipinski definition) is 0. The highest BCUT2D eigenvalue weighted by Crippen LogP contribution is 2.38. The first kappa shape index (κ1) is 24.2. The quantitative estimate of drug-likeness (QED) is 0.454. The highest BCUT2D eigenvalue weighted by molar-refractivity contribution is 6.32. The number of amides is 1. The molecule has 0 bridgehead atoms. The van der Waals surface area contributed by atoms with Crippen molar-refractivity contribution >= 4 is 28.8 Å². The fourth-order valence-electron chi connectivity index (χ4n) is 4.15. The molecule has 182 valence electrons. The minimum atomic E-state index is 0.130. The van der Waals surface area contributed by atoms with Crippen molar-refractivity contribution in [3.05, 3.63) is 41.7 Å². The molecule has 0 N–H and O–H groups in total. The second-order valence-corrected chi connectivity index (χ2v) is 9.17. The topological polar surface area (TPSA) is 62.6 Å². The molecule has 0 aliphatic carbocycles. The summed E-state index contributed by atoms with van der Waals surface area (Å²) in [6, 6.07) is 7.85. The Bertz CT molecular complexity index is 1150. The number of ether oxygens (including phenoxy) is 2. The van der Waals surface area contributed by atoms with Crippen LogP contribution in [-0.4, -0.2) is 85.6 Å². The molecule has 0 unspecified atom stereocenters. The van der Waals surface area contributed by atoms with Crippen molar-refractivity contribution in [1.29, 1.82) is 0 Å².